The van der Waals surface area contributed by atoms with Crippen molar-refractivity contribution in [2.45, 2.75) is 43.9 Å². The number of benzene rings is 1. The summed E-state index contributed by atoms with van der Waals surface area (Å²) in [6.07, 6.45) is 4.61. The first-order chi connectivity index (χ1) is 16.5. The van der Waals surface area contributed by atoms with Gasteiger partial charge in [0.05, 0.1) is 18.3 Å². The monoisotopic (exact) mass is 486 g/mol. The summed E-state index contributed by atoms with van der Waals surface area (Å²) in [5, 5.41) is 3.44. The average Bonchev–Trinajstić information content (AvgIpc) is 3.45. The molecule has 2 aromatic rings. The van der Waals surface area contributed by atoms with Crippen molar-refractivity contribution in [2.75, 3.05) is 26.2 Å². The SMILES string of the molecule is O=C1N[C@](c2ccccn2)(C2CCN(Cc3c(F)cccc3Cl)CC2)C(=O)N1C[C@H]1CCCO1. The lowest BCUT2D eigenvalue weighted by Gasteiger charge is -2.40. The van der Waals surface area contributed by atoms with Gasteiger partial charge in [0.1, 0.15) is 5.82 Å². The second kappa shape index (κ2) is 9.60. The number of carbonyl (C=O) groups is 2. The van der Waals surface area contributed by atoms with Gasteiger partial charge in [-0.2, -0.15) is 0 Å². The van der Waals surface area contributed by atoms with Crippen LogP contribution in [-0.4, -0.2) is 59.1 Å². The molecule has 0 saturated carbocycles. The van der Waals surface area contributed by atoms with E-state index in [0.717, 1.165) is 12.8 Å². The number of carbonyl (C=O) groups excluding carboxylic acids is 2. The zero-order valence-corrected chi connectivity index (χ0v) is 19.6. The highest BCUT2D eigenvalue weighted by molar-refractivity contribution is 6.31. The smallest absolute Gasteiger partial charge is 0.325 e. The molecule has 34 heavy (non-hydrogen) atoms. The predicted octanol–water partition coefficient (Wildman–Crippen LogP) is 3.71. The fourth-order valence-corrected chi connectivity index (χ4v) is 5.66. The van der Waals surface area contributed by atoms with E-state index >= 15 is 0 Å². The molecule has 4 heterocycles. The molecule has 7 nitrogen and oxygen atoms in total. The second-order valence-corrected chi connectivity index (χ2v) is 9.66. The van der Waals surface area contributed by atoms with E-state index in [9.17, 15) is 14.0 Å². The molecule has 3 amide bonds. The molecule has 0 spiro atoms. The van der Waals surface area contributed by atoms with Gasteiger partial charge in [0.25, 0.3) is 5.91 Å². The number of halogens is 2. The maximum absolute atomic E-state index is 14.3. The number of pyridine rings is 1. The Morgan fingerprint density at radius 3 is 2.65 bits per heavy atom. The molecule has 3 saturated heterocycles. The molecule has 1 aromatic heterocycles. The molecule has 2 atom stereocenters. The van der Waals surface area contributed by atoms with E-state index in [0.29, 0.717) is 55.4 Å². The van der Waals surface area contributed by atoms with Crippen LogP contribution in [0.25, 0.3) is 0 Å². The molecule has 0 aliphatic carbocycles. The van der Waals surface area contributed by atoms with Gasteiger partial charge in [0.2, 0.25) is 0 Å². The van der Waals surface area contributed by atoms with E-state index in [1.165, 1.54) is 11.0 Å². The minimum absolute atomic E-state index is 0.124. The Kier molecular flexibility index (Phi) is 6.55. The van der Waals surface area contributed by atoms with Crippen molar-refractivity contribution in [1.82, 2.24) is 20.1 Å². The Bertz CT molecular complexity index is 1040. The first kappa shape index (κ1) is 23.2. The van der Waals surface area contributed by atoms with Crippen LogP contribution in [0, 0.1) is 11.7 Å². The summed E-state index contributed by atoms with van der Waals surface area (Å²) in [4.78, 5) is 34.8. The lowest BCUT2D eigenvalue weighted by molar-refractivity contribution is -0.135. The van der Waals surface area contributed by atoms with Crippen LogP contribution in [0.4, 0.5) is 9.18 Å². The lowest BCUT2D eigenvalue weighted by Crippen LogP contribution is -2.54. The molecule has 9 heteroatoms. The van der Waals surface area contributed by atoms with E-state index in [2.05, 4.69) is 15.2 Å². The van der Waals surface area contributed by atoms with E-state index in [-0.39, 0.29) is 30.3 Å². The summed E-state index contributed by atoms with van der Waals surface area (Å²) in [6.45, 7) is 2.62. The topological polar surface area (TPSA) is 74.8 Å². The van der Waals surface area contributed by atoms with E-state index in [4.69, 9.17) is 16.3 Å². The average molecular weight is 487 g/mol. The summed E-state index contributed by atoms with van der Waals surface area (Å²) in [5.74, 6) is -0.717. The molecular formula is C25H28ClFN4O3. The van der Waals surface area contributed by atoms with Crippen molar-refractivity contribution in [2.24, 2.45) is 5.92 Å². The number of ether oxygens (including phenoxy) is 1. The number of hydrogen-bond acceptors (Lipinski definition) is 5. The van der Waals surface area contributed by atoms with Gasteiger partial charge in [0, 0.05) is 29.9 Å². The van der Waals surface area contributed by atoms with Gasteiger partial charge in [-0.05, 0) is 69.0 Å². The Morgan fingerprint density at radius 1 is 1.15 bits per heavy atom. The van der Waals surface area contributed by atoms with Crippen LogP contribution in [0.2, 0.25) is 5.02 Å². The molecule has 0 unspecified atom stereocenters. The molecule has 1 N–H and O–H groups in total. The molecule has 0 bridgehead atoms. The Labute approximate surface area is 203 Å². The molecule has 180 valence electrons. The van der Waals surface area contributed by atoms with Crippen molar-refractivity contribution in [1.29, 1.82) is 0 Å². The Balaban J connectivity index is 1.36. The number of nitrogens with zero attached hydrogens (tertiary/aromatic N) is 3. The number of likely N-dealkylation sites (tertiary alicyclic amines) is 1. The minimum Gasteiger partial charge on any atom is -0.376 e. The van der Waals surface area contributed by atoms with Crippen LogP contribution < -0.4 is 5.32 Å². The van der Waals surface area contributed by atoms with Crippen molar-refractivity contribution >= 4 is 23.5 Å². The van der Waals surface area contributed by atoms with Crippen LogP contribution in [0.15, 0.2) is 42.6 Å². The van der Waals surface area contributed by atoms with Crippen molar-refractivity contribution in [3.05, 3.63) is 64.7 Å². The fraction of sp³-hybridized carbons (Fsp3) is 0.480. The third-order valence-electron chi connectivity index (χ3n) is 7.25. The number of imide groups is 1. The summed E-state index contributed by atoms with van der Waals surface area (Å²) in [7, 11) is 0. The number of rotatable bonds is 6. The van der Waals surface area contributed by atoms with E-state index in [1.54, 1.807) is 30.5 Å². The maximum atomic E-state index is 14.3. The van der Waals surface area contributed by atoms with Gasteiger partial charge in [-0.3, -0.25) is 19.6 Å². The van der Waals surface area contributed by atoms with E-state index < -0.39 is 11.6 Å². The van der Waals surface area contributed by atoms with Crippen molar-refractivity contribution in [3.8, 4) is 0 Å². The highest BCUT2D eigenvalue weighted by Gasteiger charge is 2.58. The number of aromatic nitrogens is 1. The Morgan fingerprint density at radius 2 is 1.97 bits per heavy atom. The van der Waals surface area contributed by atoms with Gasteiger partial charge in [0.15, 0.2) is 5.54 Å². The van der Waals surface area contributed by atoms with Crippen molar-refractivity contribution in [3.63, 3.8) is 0 Å². The standard InChI is InChI=1S/C25H28ClFN4O3/c26-20-6-3-7-21(27)19(20)16-30-12-9-17(10-13-30)25(22-8-1-2-11-28-22)23(32)31(24(33)29-25)15-18-5-4-14-34-18/h1-3,6-8,11,17-18H,4-5,9-10,12-16H2,(H,29,33)/t18-,25+/m1/s1. The van der Waals surface area contributed by atoms with E-state index in [1.807, 2.05) is 6.07 Å². The zero-order chi connectivity index (χ0) is 23.7. The van der Waals surface area contributed by atoms with Crippen LogP contribution in [0.5, 0.6) is 0 Å². The molecule has 0 radical (unpaired) electrons. The van der Waals surface area contributed by atoms with Gasteiger partial charge in [-0.25, -0.2) is 9.18 Å². The summed E-state index contributed by atoms with van der Waals surface area (Å²) < 4.78 is 20.0. The number of urea groups is 1. The fourth-order valence-electron chi connectivity index (χ4n) is 5.44. The predicted molar refractivity (Wildman–Crippen MR) is 125 cm³/mol. The molecule has 1 aromatic carbocycles. The third kappa shape index (κ3) is 4.19. The lowest BCUT2D eigenvalue weighted by atomic mass is 9.75. The normalized spacial score (nSPS) is 26.3. The highest BCUT2D eigenvalue weighted by Crippen LogP contribution is 2.41. The second-order valence-electron chi connectivity index (χ2n) is 9.25. The van der Waals surface area contributed by atoms with Crippen molar-refractivity contribution < 1.29 is 18.7 Å². The van der Waals surface area contributed by atoms with Gasteiger partial charge in [-0.1, -0.05) is 23.7 Å². The summed E-state index contributed by atoms with van der Waals surface area (Å²) in [5.41, 5.74) is -0.174. The highest BCUT2D eigenvalue weighted by atomic mass is 35.5. The first-order valence-corrected chi connectivity index (χ1v) is 12.2. The number of hydrogen-bond donors (Lipinski definition) is 1. The first-order valence-electron chi connectivity index (χ1n) is 11.8. The number of nitrogens with one attached hydrogen (secondary N) is 1. The zero-order valence-electron chi connectivity index (χ0n) is 18.9. The third-order valence-corrected chi connectivity index (χ3v) is 7.61. The van der Waals surface area contributed by atoms with Crippen LogP contribution >= 0.6 is 11.6 Å². The molecule has 3 aliphatic rings. The van der Waals surface area contributed by atoms with Gasteiger partial charge >= 0.3 is 6.03 Å². The van der Waals surface area contributed by atoms with Crippen LogP contribution in [0.3, 0.4) is 0 Å². The number of piperidine rings is 1. The van der Waals surface area contributed by atoms with Crippen LogP contribution in [0.1, 0.15) is 36.9 Å². The van der Waals surface area contributed by atoms with Gasteiger partial charge in [-0.15, -0.1) is 0 Å². The van der Waals surface area contributed by atoms with Crippen LogP contribution in [-0.2, 0) is 21.6 Å². The number of amides is 3. The van der Waals surface area contributed by atoms with Gasteiger partial charge < -0.3 is 10.1 Å². The summed E-state index contributed by atoms with van der Waals surface area (Å²) >= 11 is 6.22. The Hall–Kier alpha value is -2.55. The maximum Gasteiger partial charge on any atom is 0.325 e. The molecular weight excluding hydrogens is 459 g/mol. The molecule has 3 aliphatic heterocycles. The minimum atomic E-state index is -1.21. The molecule has 3 fully saturated rings. The molecule has 5 rings (SSSR count). The largest absolute Gasteiger partial charge is 0.376 e. The summed E-state index contributed by atoms with van der Waals surface area (Å²) in [6, 6.07) is 9.74. The quantitative estimate of drug-likeness (QED) is 0.630.